The molecule has 0 radical (unpaired) electrons. The van der Waals surface area contributed by atoms with Crippen molar-refractivity contribution in [3.8, 4) is 0 Å². The normalized spacial score (nSPS) is 10.5. The summed E-state index contributed by atoms with van der Waals surface area (Å²) >= 11 is 3.39. The van der Waals surface area contributed by atoms with Crippen molar-refractivity contribution in [1.82, 2.24) is 0 Å². The van der Waals surface area contributed by atoms with E-state index in [4.69, 9.17) is 0 Å². The summed E-state index contributed by atoms with van der Waals surface area (Å²) in [5.41, 5.74) is 2.26. The van der Waals surface area contributed by atoms with Crippen LogP contribution in [0.4, 0.5) is 0 Å². The molecule has 0 saturated carbocycles. The molecule has 0 aliphatic heterocycles. The van der Waals surface area contributed by atoms with Crippen LogP contribution in [-0.4, -0.2) is 5.33 Å². The van der Waals surface area contributed by atoms with Gasteiger partial charge >= 0.3 is 29.6 Å². The zero-order valence-electron chi connectivity index (χ0n) is 8.46. The second-order valence-electron chi connectivity index (χ2n) is 2.64. The van der Waals surface area contributed by atoms with E-state index >= 15 is 0 Å². The molecule has 14 heavy (non-hydrogen) atoms. The van der Waals surface area contributed by atoms with Crippen LogP contribution in [0.3, 0.4) is 0 Å². The maximum atomic E-state index is 3.68. The predicted molar refractivity (Wildman–Crippen MR) is 61.7 cm³/mol. The maximum Gasteiger partial charge on any atom is 1.00 e. The van der Waals surface area contributed by atoms with E-state index in [-0.39, 0.29) is 29.6 Å². The van der Waals surface area contributed by atoms with Crippen LogP contribution in [0.25, 0.3) is 5.57 Å². The fraction of sp³-hybridized carbons (Fsp3) is 0.167. The zero-order valence-corrected chi connectivity index (χ0v) is 12.0. The van der Waals surface area contributed by atoms with Gasteiger partial charge in [-0.05, 0) is 5.33 Å². The number of alkyl halides is 1. The fourth-order valence-electron chi connectivity index (χ4n) is 1.11. The van der Waals surface area contributed by atoms with Crippen LogP contribution in [0.5, 0.6) is 0 Å². The summed E-state index contributed by atoms with van der Waals surface area (Å²) in [5, 5.41) is 0.977. The van der Waals surface area contributed by atoms with E-state index in [1.54, 1.807) is 0 Å². The molecule has 1 aromatic carbocycles. The topological polar surface area (TPSA) is 0 Å². The summed E-state index contributed by atoms with van der Waals surface area (Å²) in [6.07, 6.45) is 6.09. The Morgan fingerprint density at radius 2 is 2.00 bits per heavy atom. The van der Waals surface area contributed by atoms with E-state index in [1.165, 1.54) is 5.56 Å². The fourth-order valence-corrected chi connectivity index (χ4v) is 1.34. The Labute approximate surface area is 117 Å². The molecule has 1 rings (SSSR count). The van der Waals surface area contributed by atoms with Crippen LogP contribution >= 0.6 is 15.9 Å². The molecular weight excluding hydrogens is 247 g/mol. The van der Waals surface area contributed by atoms with E-state index in [2.05, 4.69) is 46.8 Å². The zero-order chi connectivity index (χ0) is 9.52. The quantitative estimate of drug-likeness (QED) is 0.325. The minimum atomic E-state index is 0. The molecule has 0 heterocycles. The van der Waals surface area contributed by atoms with Crippen LogP contribution in [-0.2, 0) is 0 Å². The average Bonchev–Trinajstić information content (AvgIpc) is 2.21. The molecule has 0 atom stereocenters. The summed E-state index contributed by atoms with van der Waals surface area (Å²) in [6.45, 7) is 3.68. The molecule has 0 aliphatic carbocycles. The Bertz CT molecular complexity index is 290. The molecule has 0 bridgehead atoms. The Morgan fingerprint density at radius 3 is 2.50 bits per heavy atom. The monoisotopic (exact) mass is 258 g/mol. The second kappa shape index (κ2) is 8.49. The van der Waals surface area contributed by atoms with Crippen molar-refractivity contribution in [2.24, 2.45) is 0 Å². The first-order valence-electron chi connectivity index (χ1n) is 4.23. The Hall–Kier alpha value is 0.180. The van der Waals surface area contributed by atoms with E-state index in [0.717, 1.165) is 17.3 Å². The van der Waals surface area contributed by atoms with E-state index in [9.17, 15) is 0 Å². The smallest absolute Gasteiger partial charge is 0.190 e. The van der Waals surface area contributed by atoms with Crippen molar-refractivity contribution < 1.29 is 29.6 Å². The van der Waals surface area contributed by atoms with Crippen LogP contribution in [0.1, 0.15) is 12.0 Å². The maximum absolute atomic E-state index is 3.68. The van der Waals surface area contributed by atoms with Crippen molar-refractivity contribution in [2.75, 3.05) is 5.33 Å². The van der Waals surface area contributed by atoms with Crippen LogP contribution < -0.4 is 29.6 Å². The van der Waals surface area contributed by atoms with Crippen molar-refractivity contribution in [3.05, 3.63) is 54.6 Å². The Kier molecular flexibility index (Phi) is 8.59. The largest absolute Gasteiger partial charge is 1.00 e. The molecule has 68 valence electrons. The minimum absolute atomic E-state index is 0. The second-order valence-corrected chi connectivity index (χ2v) is 3.43. The van der Waals surface area contributed by atoms with Gasteiger partial charge < -0.3 is 0 Å². The Morgan fingerprint density at radius 1 is 1.36 bits per heavy atom. The van der Waals surface area contributed by atoms with Crippen LogP contribution in [0.15, 0.2) is 43.0 Å². The molecule has 2 heteroatoms. The van der Waals surface area contributed by atoms with Gasteiger partial charge in [0, 0.05) is 0 Å². The number of hydrogen-bond donors (Lipinski definition) is 0. The van der Waals surface area contributed by atoms with Gasteiger partial charge in [0.1, 0.15) is 0 Å². The minimum Gasteiger partial charge on any atom is -0.190 e. The van der Waals surface area contributed by atoms with Crippen molar-refractivity contribution in [1.29, 1.82) is 0 Å². The van der Waals surface area contributed by atoms with Crippen molar-refractivity contribution in [3.63, 3.8) is 0 Å². The number of hydrogen-bond acceptors (Lipinski definition) is 0. The predicted octanol–water partition coefficient (Wildman–Crippen LogP) is 0.848. The molecule has 0 N–H and O–H groups in total. The van der Waals surface area contributed by atoms with Crippen LogP contribution in [0.2, 0.25) is 0 Å². The average molecular weight is 259 g/mol. The first kappa shape index (κ1) is 14.2. The number of halogens is 1. The van der Waals surface area contributed by atoms with E-state index in [1.807, 2.05) is 18.2 Å². The number of rotatable bonds is 4. The van der Waals surface area contributed by atoms with Crippen LogP contribution in [0, 0.1) is 6.08 Å². The van der Waals surface area contributed by atoms with Gasteiger partial charge in [-0.15, -0.1) is 17.7 Å². The third kappa shape index (κ3) is 4.61. The van der Waals surface area contributed by atoms with E-state index < -0.39 is 0 Å². The first-order chi connectivity index (χ1) is 6.38. The summed E-state index contributed by atoms with van der Waals surface area (Å²) in [7, 11) is 0. The third-order valence-corrected chi connectivity index (χ3v) is 2.19. The number of benzene rings is 1. The first-order valence-corrected chi connectivity index (χ1v) is 5.35. The van der Waals surface area contributed by atoms with Gasteiger partial charge in [-0.25, -0.2) is 0 Å². The summed E-state index contributed by atoms with van der Waals surface area (Å²) < 4.78 is 0. The molecule has 1 aromatic rings. The van der Waals surface area contributed by atoms with Crippen molar-refractivity contribution in [2.45, 2.75) is 6.42 Å². The van der Waals surface area contributed by atoms with Gasteiger partial charge in [-0.2, -0.15) is 24.3 Å². The molecule has 0 fully saturated rings. The van der Waals surface area contributed by atoms with Gasteiger partial charge in [0.05, 0.1) is 0 Å². The third-order valence-electron chi connectivity index (χ3n) is 1.73. The Balaban J connectivity index is 0.00000169. The molecule has 0 saturated heterocycles. The summed E-state index contributed by atoms with van der Waals surface area (Å²) in [5.74, 6) is 0. The molecule has 0 amide bonds. The van der Waals surface area contributed by atoms with Gasteiger partial charge in [-0.3, -0.25) is 0 Å². The SMILES string of the molecule is C=[C-]/C(=C\CCBr)c1ccccc1.[Na+]. The molecular formula is C12H12BrNa. The molecule has 0 aliphatic rings. The van der Waals surface area contributed by atoms with Gasteiger partial charge in [-0.1, -0.05) is 40.5 Å². The van der Waals surface area contributed by atoms with Gasteiger partial charge in [0.25, 0.3) is 0 Å². The molecule has 0 unspecified atom stereocenters. The number of allylic oxidation sites excluding steroid dienone is 3. The summed E-state index contributed by atoms with van der Waals surface area (Å²) in [6, 6.07) is 10.2. The molecule has 0 nitrogen and oxygen atoms in total. The van der Waals surface area contributed by atoms with Gasteiger partial charge in [0.2, 0.25) is 0 Å². The standard InChI is InChI=1S/C12H12Br.Na/c1-2-11(9-6-10-13)12-7-4-3-5-8-12;/h3-5,7-9H,1,6,10H2;/q-1;+1/b11-9+;. The molecule has 0 spiro atoms. The van der Waals surface area contributed by atoms with E-state index in [0.29, 0.717) is 0 Å². The van der Waals surface area contributed by atoms with Crippen molar-refractivity contribution >= 4 is 21.5 Å². The molecule has 0 aromatic heterocycles. The van der Waals surface area contributed by atoms with Gasteiger partial charge in [0.15, 0.2) is 0 Å². The summed E-state index contributed by atoms with van der Waals surface area (Å²) in [4.78, 5) is 0.